The van der Waals surface area contributed by atoms with Crippen LogP contribution in [0.25, 0.3) is 0 Å². The number of carbonyl (C=O) groups is 2. The third kappa shape index (κ3) is 5.80. The van der Waals surface area contributed by atoms with Gasteiger partial charge in [0.25, 0.3) is 0 Å². The second-order valence-electron chi connectivity index (χ2n) is 3.07. The average molecular weight is 221 g/mol. The fraction of sp³-hybridized carbons (Fsp3) is 0.778. The molecule has 0 aromatic carbocycles. The van der Waals surface area contributed by atoms with E-state index in [2.05, 4.69) is 0 Å². The maximum Gasteiger partial charge on any atom is 0.237 e. The molecule has 2 amide bonds. The molecule has 4 nitrogen and oxygen atoms in total. The Balaban J connectivity index is 4.08. The summed E-state index contributed by atoms with van der Waals surface area (Å²) in [6, 6.07) is 0. The van der Waals surface area contributed by atoms with Crippen molar-refractivity contribution in [1.29, 1.82) is 0 Å². The molecule has 0 saturated carbocycles. The summed E-state index contributed by atoms with van der Waals surface area (Å²) >= 11 is 5.45. The molecule has 0 aliphatic rings. The minimum absolute atomic E-state index is 0.00424. The molecule has 82 valence electrons. The van der Waals surface area contributed by atoms with E-state index in [1.807, 2.05) is 6.92 Å². The zero-order chi connectivity index (χ0) is 11.0. The van der Waals surface area contributed by atoms with E-state index < -0.39 is 5.91 Å². The molecule has 0 fully saturated rings. The molecule has 0 spiro atoms. The van der Waals surface area contributed by atoms with Crippen molar-refractivity contribution in [3.63, 3.8) is 0 Å². The highest BCUT2D eigenvalue weighted by atomic mass is 35.5. The van der Waals surface area contributed by atoms with Gasteiger partial charge in [-0.05, 0) is 6.42 Å². The van der Waals surface area contributed by atoms with Crippen molar-refractivity contribution < 1.29 is 9.59 Å². The molecule has 0 saturated heterocycles. The van der Waals surface area contributed by atoms with E-state index in [0.29, 0.717) is 6.54 Å². The monoisotopic (exact) mass is 220 g/mol. The van der Waals surface area contributed by atoms with Crippen LogP contribution in [0.2, 0.25) is 0 Å². The number of hydrogen-bond acceptors (Lipinski definition) is 2. The number of nitrogens with two attached hydrogens (primary N) is 1. The normalized spacial score (nSPS) is 9.86. The highest BCUT2D eigenvalue weighted by molar-refractivity contribution is 6.18. The van der Waals surface area contributed by atoms with E-state index in [9.17, 15) is 9.59 Å². The molecule has 0 bridgehead atoms. The molecular weight excluding hydrogens is 204 g/mol. The Kier molecular flexibility index (Phi) is 7.20. The quantitative estimate of drug-likeness (QED) is 0.643. The lowest BCUT2D eigenvalue weighted by Gasteiger charge is -2.20. The number of hydrogen-bond donors (Lipinski definition) is 1. The Morgan fingerprint density at radius 3 is 2.50 bits per heavy atom. The highest BCUT2D eigenvalue weighted by Gasteiger charge is 2.13. The molecule has 0 heterocycles. The van der Waals surface area contributed by atoms with Crippen LogP contribution in [-0.4, -0.2) is 35.7 Å². The predicted molar refractivity (Wildman–Crippen MR) is 56.0 cm³/mol. The first-order valence-electron chi connectivity index (χ1n) is 4.73. The first-order chi connectivity index (χ1) is 6.61. The minimum atomic E-state index is -0.482. The van der Waals surface area contributed by atoms with Gasteiger partial charge < -0.3 is 10.6 Å². The molecule has 0 aliphatic heterocycles. The molecule has 0 radical (unpaired) electrons. The maximum atomic E-state index is 11.4. The van der Waals surface area contributed by atoms with Gasteiger partial charge in [-0.15, -0.1) is 11.6 Å². The van der Waals surface area contributed by atoms with Crippen molar-refractivity contribution in [1.82, 2.24) is 4.90 Å². The van der Waals surface area contributed by atoms with Crippen LogP contribution in [0.15, 0.2) is 0 Å². The fourth-order valence-corrected chi connectivity index (χ4v) is 1.23. The van der Waals surface area contributed by atoms with E-state index in [-0.39, 0.29) is 24.8 Å². The number of nitrogens with zero attached hydrogens (tertiary/aromatic N) is 1. The summed E-state index contributed by atoms with van der Waals surface area (Å²) in [7, 11) is 0. The molecule has 0 rings (SSSR count). The molecule has 0 aromatic heterocycles. The van der Waals surface area contributed by atoms with Gasteiger partial charge in [0.05, 0.1) is 6.54 Å². The largest absolute Gasteiger partial charge is 0.368 e. The molecule has 0 aliphatic carbocycles. The van der Waals surface area contributed by atoms with E-state index in [1.165, 1.54) is 4.90 Å². The van der Waals surface area contributed by atoms with Gasteiger partial charge in [-0.3, -0.25) is 9.59 Å². The minimum Gasteiger partial charge on any atom is -0.368 e. The fourth-order valence-electron chi connectivity index (χ4n) is 1.07. The Labute approximate surface area is 89.4 Å². The zero-order valence-corrected chi connectivity index (χ0v) is 9.22. The van der Waals surface area contributed by atoms with Crippen molar-refractivity contribution >= 4 is 23.4 Å². The van der Waals surface area contributed by atoms with E-state index >= 15 is 0 Å². The van der Waals surface area contributed by atoms with Crippen LogP contribution in [0.5, 0.6) is 0 Å². The van der Waals surface area contributed by atoms with Gasteiger partial charge in [-0.1, -0.05) is 13.3 Å². The smallest absolute Gasteiger partial charge is 0.237 e. The number of primary amides is 1. The Morgan fingerprint density at radius 2 is 2.07 bits per heavy atom. The molecule has 0 aromatic rings. The summed E-state index contributed by atoms with van der Waals surface area (Å²) in [5.41, 5.74) is 5.03. The molecule has 2 N–H and O–H groups in total. The van der Waals surface area contributed by atoms with Crippen LogP contribution in [0.4, 0.5) is 0 Å². The van der Waals surface area contributed by atoms with Crippen molar-refractivity contribution in [3.05, 3.63) is 0 Å². The predicted octanol–water partition coefficient (Wildman–Crippen LogP) is 0.729. The van der Waals surface area contributed by atoms with Gasteiger partial charge >= 0.3 is 0 Å². The lowest BCUT2D eigenvalue weighted by atomic mass is 10.3. The summed E-state index contributed by atoms with van der Waals surface area (Å²) < 4.78 is 0. The molecule has 0 atom stereocenters. The number of carbonyl (C=O) groups excluding carboxylic acids is 2. The average Bonchev–Trinajstić information content (AvgIpc) is 2.12. The Morgan fingerprint density at radius 1 is 1.43 bits per heavy atom. The van der Waals surface area contributed by atoms with Crippen LogP contribution in [0, 0.1) is 0 Å². The zero-order valence-electron chi connectivity index (χ0n) is 8.46. The highest BCUT2D eigenvalue weighted by Crippen LogP contribution is 1.99. The van der Waals surface area contributed by atoms with Crippen LogP contribution in [0.1, 0.15) is 26.2 Å². The maximum absolute atomic E-state index is 11.4. The lowest BCUT2D eigenvalue weighted by molar-refractivity contribution is -0.134. The van der Waals surface area contributed by atoms with Gasteiger partial charge in [0.1, 0.15) is 0 Å². The van der Waals surface area contributed by atoms with Gasteiger partial charge in [0, 0.05) is 18.8 Å². The lowest BCUT2D eigenvalue weighted by Crippen LogP contribution is -2.39. The summed E-state index contributed by atoms with van der Waals surface area (Å²) in [6.07, 6.45) is 2.11. The SMILES string of the molecule is CCCCN(CC(N)=O)C(=O)CCCl. The number of unbranched alkanes of at least 4 members (excludes halogenated alkanes) is 1. The Hall–Kier alpha value is -0.770. The third-order valence-electron chi connectivity index (χ3n) is 1.79. The topological polar surface area (TPSA) is 63.4 Å². The van der Waals surface area contributed by atoms with Crippen LogP contribution >= 0.6 is 11.6 Å². The molecule has 5 heteroatoms. The number of rotatable bonds is 7. The first kappa shape index (κ1) is 13.2. The van der Waals surface area contributed by atoms with Crippen molar-refractivity contribution in [2.75, 3.05) is 19.0 Å². The van der Waals surface area contributed by atoms with Gasteiger partial charge in [0.2, 0.25) is 11.8 Å². The third-order valence-corrected chi connectivity index (χ3v) is 1.98. The Bertz CT molecular complexity index is 197. The van der Waals surface area contributed by atoms with Crippen molar-refractivity contribution in [2.24, 2.45) is 5.73 Å². The summed E-state index contributed by atoms with van der Waals surface area (Å²) in [5, 5.41) is 0. The second-order valence-corrected chi connectivity index (χ2v) is 3.45. The number of amides is 2. The summed E-state index contributed by atoms with van der Waals surface area (Å²) in [6.45, 7) is 2.60. The van der Waals surface area contributed by atoms with E-state index in [4.69, 9.17) is 17.3 Å². The molecule has 14 heavy (non-hydrogen) atoms. The number of halogens is 1. The van der Waals surface area contributed by atoms with Gasteiger partial charge in [0.15, 0.2) is 0 Å². The van der Waals surface area contributed by atoms with Crippen LogP contribution < -0.4 is 5.73 Å². The second kappa shape index (κ2) is 7.62. The van der Waals surface area contributed by atoms with Gasteiger partial charge in [-0.25, -0.2) is 0 Å². The van der Waals surface area contributed by atoms with Crippen LogP contribution in [0.3, 0.4) is 0 Å². The first-order valence-corrected chi connectivity index (χ1v) is 5.27. The van der Waals surface area contributed by atoms with Crippen molar-refractivity contribution in [3.8, 4) is 0 Å². The van der Waals surface area contributed by atoms with Crippen LogP contribution in [-0.2, 0) is 9.59 Å². The van der Waals surface area contributed by atoms with E-state index in [1.54, 1.807) is 0 Å². The van der Waals surface area contributed by atoms with Crippen molar-refractivity contribution in [2.45, 2.75) is 26.2 Å². The van der Waals surface area contributed by atoms with Gasteiger partial charge in [-0.2, -0.15) is 0 Å². The molecule has 0 unspecified atom stereocenters. The summed E-state index contributed by atoms with van der Waals surface area (Å²) in [5.74, 6) is -0.309. The van der Waals surface area contributed by atoms with E-state index in [0.717, 1.165) is 12.8 Å². The number of alkyl halides is 1. The summed E-state index contributed by atoms with van der Waals surface area (Å²) in [4.78, 5) is 23.6. The standard InChI is InChI=1S/C9H17ClN2O2/c1-2-3-6-12(7-8(11)13)9(14)4-5-10/h2-7H2,1H3,(H2,11,13). The molecular formula is C9H17ClN2O2.